The molecule has 0 amide bonds. The van der Waals surface area contributed by atoms with Crippen molar-refractivity contribution in [3.63, 3.8) is 0 Å². The zero-order chi connectivity index (χ0) is 9.97. The van der Waals surface area contributed by atoms with Crippen molar-refractivity contribution in [2.45, 2.75) is 12.8 Å². The zero-order valence-corrected chi connectivity index (χ0v) is 8.70. The average molecular weight is 189 g/mol. The molecule has 3 heteroatoms. The summed E-state index contributed by atoms with van der Waals surface area (Å²) in [6.45, 7) is 0.940. The summed E-state index contributed by atoms with van der Waals surface area (Å²) in [4.78, 5) is 11.0. The van der Waals surface area contributed by atoms with Crippen LogP contribution in [-0.2, 0) is 6.42 Å². The molecule has 0 N–H and O–H groups in total. The van der Waals surface area contributed by atoms with Gasteiger partial charge in [0.2, 0.25) is 0 Å². The third-order valence-electron chi connectivity index (χ3n) is 2.31. The van der Waals surface area contributed by atoms with Gasteiger partial charge < -0.3 is 4.90 Å². The van der Waals surface area contributed by atoms with E-state index in [9.17, 15) is 0 Å². The van der Waals surface area contributed by atoms with Gasteiger partial charge in [0.05, 0.1) is 0 Å². The molecular formula is C11H15N3. The number of aromatic nitrogens is 1. The van der Waals surface area contributed by atoms with E-state index in [4.69, 9.17) is 0 Å². The average Bonchev–Trinajstić information content (AvgIpc) is 2.17. The van der Waals surface area contributed by atoms with Crippen LogP contribution in [0.25, 0.3) is 0 Å². The summed E-state index contributed by atoms with van der Waals surface area (Å²) >= 11 is 0. The normalized spacial score (nSPS) is 15.2. The maximum absolute atomic E-state index is 4.55. The first-order valence-corrected chi connectivity index (χ1v) is 4.91. The van der Waals surface area contributed by atoms with Crippen LogP contribution in [-0.4, -0.2) is 36.2 Å². The fourth-order valence-electron chi connectivity index (χ4n) is 1.69. The monoisotopic (exact) mass is 189 g/mol. The highest BCUT2D eigenvalue weighted by Gasteiger charge is 2.12. The van der Waals surface area contributed by atoms with Gasteiger partial charge in [-0.05, 0) is 38.6 Å². The van der Waals surface area contributed by atoms with Crippen LogP contribution >= 0.6 is 0 Å². The van der Waals surface area contributed by atoms with Crippen LogP contribution in [0.5, 0.6) is 0 Å². The maximum atomic E-state index is 4.55. The maximum Gasteiger partial charge on any atom is 0.154 e. The Morgan fingerprint density at radius 3 is 3.00 bits per heavy atom. The zero-order valence-electron chi connectivity index (χ0n) is 8.70. The molecule has 1 aromatic rings. The predicted molar refractivity (Wildman–Crippen MR) is 58.2 cm³/mol. The molecule has 2 rings (SSSR count). The fraction of sp³-hybridized carbons (Fsp3) is 0.455. The molecule has 0 saturated carbocycles. The van der Waals surface area contributed by atoms with E-state index in [2.05, 4.69) is 35.0 Å². The molecule has 0 radical (unpaired) electrons. The summed E-state index contributed by atoms with van der Waals surface area (Å²) in [6.07, 6.45) is 3.95. The fourth-order valence-corrected chi connectivity index (χ4v) is 1.69. The lowest BCUT2D eigenvalue weighted by molar-refractivity contribution is 0.466. The third-order valence-corrected chi connectivity index (χ3v) is 2.31. The van der Waals surface area contributed by atoms with Crippen molar-refractivity contribution in [3.05, 3.63) is 23.9 Å². The molecule has 0 aliphatic carbocycles. The molecule has 0 unspecified atom stereocenters. The van der Waals surface area contributed by atoms with E-state index in [1.807, 2.05) is 6.07 Å². The van der Waals surface area contributed by atoms with E-state index in [0.29, 0.717) is 0 Å². The largest absolute Gasteiger partial charge is 0.304 e. The van der Waals surface area contributed by atoms with Crippen LogP contribution in [0.1, 0.15) is 12.0 Å². The minimum atomic E-state index is 0.913. The second-order valence-electron chi connectivity index (χ2n) is 3.90. The van der Waals surface area contributed by atoms with Crippen molar-refractivity contribution in [2.24, 2.45) is 4.99 Å². The molecule has 2 heterocycles. The molecule has 1 aliphatic heterocycles. The van der Waals surface area contributed by atoms with E-state index in [1.165, 1.54) is 11.3 Å². The van der Waals surface area contributed by atoms with E-state index < -0.39 is 0 Å². The molecule has 0 aromatic carbocycles. The number of aliphatic imine (C=N–C) groups is 1. The Morgan fingerprint density at radius 2 is 2.21 bits per heavy atom. The summed E-state index contributed by atoms with van der Waals surface area (Å²) in [5, 5.41) is 0. The van der Waals surface area contributed by atoms with Gasteiger partial charge in [-0.3, -0.25) is 0 Å². The number of fused-ring (bicyclic) bond motifs is 1. The predicted octanol–water partition coefficient (Wildman–Crippen LogP) is 1.66. The van der Waals surface area contributed by atoms with Gasteiger partial charge in [0.25, 0.3) is 0 Å². The standard InChI is InChI=1S/C11H15N3/c1-14(2)8-10-6-5-9-4-3-7-12-11(9)13-10/h3-4,7H,5-6,8H2,1-2H3. The minimum Gasteiger partial charge on any atom is -0.304 e. The lowest BCUT2D eigenvalue weighted by Crippen LogP contribution is -2.23. The van der Waals surface area contributed by atoms with Crippen molar-refractivity contribution in [1.82, 2.24) is 9.88 Å². The third kappa shape index (κ3) is 1.99. The van der Waals surface area contributed by atoms with Gasteiger partial charge in [0.1, 0.15) is 0 Å². The molecule has 14 heavy (non-hydrogen) atoms. The number of hydrogen-bond donors (Lipinski definition) is 0. The van der Waals surface area contributed by atoms with Gasteiger partial charge in [-0.15, -0.1) is 0 Å². The minimum absolute atomic E-state index is 0.913. The summed E-state index contributed by atoms with van der Waals surface area (Å²) in [6, 6.07) is 4.09. The molecule has 0 fully saturated rings. The number of rotatable bonds is 2. The summed E-state index contributed by atoms with van der Waals surface area (Å²) in [5.41, 5.74) is 2.51. The summed E-state index contributed by atoms with van der Waals surface area (Å²) in [5.74, 6) is 0.913. The van der Waals surface area contributed by atoms with Crippen LogP contribution in [0.3, 0.4) is 0 Å². The lowest BCUT2D eigenvalue weighted by atomic mass is 10.0. The molecule has 0 atom stereocenters. The van der Waals surface area contributed by atoms with Crippen molar-refractivity contribution in [1.29, 1.82) is 0 Å². The Morgan fingerprint density at radius 1 is 1.36 bits per heavy atom. The van der Waals surface area contributed by atoms with Crippen molar-refractivity contribution >= 4 is 11.5 Å². The topological polar surface area (TPSA) is 28.5 Å². The summed E-state index contributed by atoms with van der Waals surface area (Å²) in [7, 11) is 4.13. The first-order chi connectivity index (χ1) is 6.75. The van der Waals surface area contributed by atoms with Gasteiger partial charge in [-0.1, -0.05) is 6.07 Å². The number of hydrogen-bond acceptors (Lipinski definition) is 3. The Hall–Kier alpha value is -1.22. The SMILES string of the molecule is CN(C)CC1=Nc2ncccc2CC1. The summed E-state index contributed by atoms with van der Waals surface area (Å²) < 4.78 is 0. The van der Waals surface area contributed by atoms with Gasteiger partial charge in [0, 0.05) is 18.5 Å². The molecule has 0 saturated heterocycles. The van der Waals surface area contributed by atoms with Crippen molar-refractivity contribution in [3.8, 4) is 0 Å². The van der Waals surface area contributed by atoms with Gasteiger partial charge >= 0.3 is 0 Å². The van der Waals surface area contributed by atoms with Crippen molar-refractivity contribution < 1.29 is 0 Å². The first-order valence-electron chi connectivity index (χ1n) is 4.91. The number of nitrogens with zero attached hydrogens (tertiary/aromatic N) is 3. The highest BCUT2D eigenvalue weighted by Crippen LogP contribution is 2.22. The van der Waals surface area contributed by atoms with Crippen LogP contribution < -0.4 is 0 Å². The van der Waals surface area contributed by atoms with Gasteiger partial charge in [0.15, 0.2) is 5.82 Å². The van der Waals surface area contributed by atoms with E-state index >= 15 is 0 Å². The Kier molecular flexibility index (Phi) is 2.59. The van der Waals surface area contributed by atoms with Gasteiger partial charge in [-0.25, -0.2) is 9.98 Å². The lowest BCUT2D eigenvalue weighted by Gasteiger charge is -2.17. The van der Waals surface area contributed by atoms with Crippen molar-refractivity contribution in [2.75, 3.05) is 20.6 Å². The van der Waals surface area contributed by atoms with Crippen LogP contribution in [0.4, 0.5) is 5.82 Å². The van der Waals surface area contributed by atoms with Crippen LogP contribution in [0.15, 0.2) is 23.3 Å². The molecule has 74 valence electrons. The number of pyridine rings is 1. The second kappa shape index (κ2) is 3.88. The van der Waals surface area contributed by atoms with E-state index in [1.54, 1.807) is 6.20 Å². The molecule has 0 spiro atoms. The second-order valence-corrected chi connectivity index (χ2v) is 3.90. The van der Waals surface area contributed by atoms with Crippen LogP contribution in [0.2, 0.25) is 0 Å². The smallest absolute Gasteiger partial charge is 0.154 e. The Bertz CT molecular complexity index is 355. The van der Waals surface area contributed by atoms with Gasteiger partial charge in [-0.2, -0.15) is 0 Å². The Labute approximate surface area is 84.5 Å². The number of aryl methyl sites for hydroxylation is 1. The first kappa shape index (κ1) is 9.34. The molecular weight excluding hydrogens is 174 g/mol. The molecule has 1 aromatic heterocycles. The molecule has 3 nitrogen and oxygen atoms in total. The van der Waals surface area contributed by atoms with Crippen LogP contribution in [0, 0.1) is 0 Å². The van der Waals surface area contributed by atoms with E-state index in [0.717, 1.165) is 25.2 Å². The highest BCUT2D eigenvalue weighted by atomic mass is 15.1. The molecule has 0 bridgehead atoms. The highest BCUT2D eigenvalue weighted by molar-refractivity contribution is 5.90. The Balaban J connectivity index is 2.22. The molecule has 1 aliphatic rings. The quantitative estimate of drug-likeness (QED) is 0.708. The van der Waals surface area contributed by atoms with E-state index in [-0.39, 0.29) is 0 Å².